The third-order valence-corrected chi connectivity index (χ3v) is 3.71. The van der Waals surface area contributed by atoms with E-state index in [1.54, 1.807) is 0 Å². The highest BCUT2D eigenvalue weighted by Gasteiger charge is 1.94. The van der Waals surface area contributed by atoms with Crippen molar-refractivity contribution in [3.63, 3.8) is 0 Å². The van der Waals surface area contributed by atoms with Crippen molar-refractivity contribution >= 4 is 7.85 Å². The lowest BCUT2D eigenvalue weighted by Gasteiger charge is -2.08. The Balaban J connectivity index is 0. The monoisotopic (exact) mass is 292 g/mol. The molecular weight excluding hydrogens is 255 g/mol. The van der Waals surface area contributed by atoms with Crippen LogP contribution in [-0.4, -0.2) is 33.4 Å². The van der Waals surface area contributed by atoms with Gasteiger partial charge in [0.05, 0.1) is 0 Å². The van der Waals surface area contributed by atoms with Crippen molar-refractivity contribution in [3.8, 4) is 5.97 Å². The molecule has 0 spiro atoms. The maximum absolute atomic E-state index is 7.10. The van der Waals surface area contributed by atoms with Crippen molar-refractivity contribution in [1.82, 2.24) is 4.90 Å². The van der Waals surface area contributed by atoms with Crippen molar-refractivity contribution in [2.75, 3.05) is 20.6 Å². The molecule has 0 saturated heterocycles. The molecule has 0 aromatic heterocycles. The Bertz CT molecular complexity index is 212. The van der Waals surface area contributed by atoms with Crippen LogP contribution < -0.4 is 0 Å². The van der Waals surface area contributed by atoms with E-state index in [4.69, 9.17) is 5.26 Å². The Kier molecular flexibility index (Phi) is 23.7. The summed E-state index contributed by atoms with van der Waals surface area (Å²) in [6.07, 6.45) is 18.8. The lowest BCUT2D eigenvalue weighted by atomic mass is 10.0. The first kappa shape index (κ1) is 22.8. The molecule has 0 bridgehead atoms. The molecule has 0 atom stereocenters. The van der Waals surface area contributed by atoms with Gasteiger partial charge in [0.15, 0.2) is 0 Å². The van der Waals surface area contributed by atoms with Crippen LogP contribution in [0.5, 0.6) is 0 Å². The van der Waals surface area contributed by atoms with E-state index in [-0.39, 0.29) is 0 Å². The average Bonchev–Trinajstić information content (AvgIpc) is 2.44. The lowest BCUT2D eigenvalue weighted by Crippen LogP contribution is -2.12. The number of rotatable bonds is 14. The maximum atomic E-state index is 7.10. The van der Waals surface area contributed by atoms with Crippen LogP contribution in [0, 0.1) is 11.2 Å². The van der Waals surface area contributed by atoms with Crippen LogP contribution in [0.15, 0.2) is 0 Å². The first-order valence-corrected chi connectivity index (χ1v) is 8.93. The van der Waals surface area contributed by atoms with E-state index in [2.05, 4.69) is 33.8 Å². The van der Waals surface area contributed by atoms with Gasteiger partial charge in [0.2, 0.25) is 7.85 Å². The number of nitrogens with zero attached hydrogens (tertiary/aromatic N) is 2. The number of unbranched alkanes of at least 4 members (excludes halogenated alkanes) is 12. The molecule has 0 N–H and O–H groups in total. The summed E-state index contributed by atoms with van der Waals surface area (Å²) < 4.78 is 0. The minimum absolute atomic E-state index is 1.25. The van der Waals surface area contributed by atoms with Gasteiger partial charge in [0, 0.05) is 0 Å². The minimum Gasteiger partial charge on any atom is -0.309 e. The van der Waals surface area contributed by atoms with Crippen LogP contribution in [0.1, 0.15) is 90.4 Å². The lowest BCUT2D eigenvalue weighted by molar-refractivity contribution is 0.389. The molecule has 0 aromatic carbocycles. The summed E-state index contributed by atoms with van der Waals surface area (Å²) in [5, 5.41) is 7.10. The first-order chi connectivity index (χ1) is 10.2. The molecule has 21 heavy (non-hydrogen) atoms. The summed E-state index contributed by atoms with van der Waals surface area (Å²) in [5.41, 5.74) is 0. The molecule has 0 fully saturated rings. The van der Waals surface area contributed by atoms with Crippen molar-refractivity contribution in [2.24, 2.45) is 0 Å². The van der Waals surface area contributed by atoms with E-state index in [0.717, 1.165) is 0 Å². The van der Waals surface area contributed by atoms with Gasteiger partial charge in [0.25, 0.3) is 0 Å². The van der Waals surface area contributed by atoms with Gasteiger partial charge >= 0.3 is 0 Å². The van der Waals surface area contributed by atoms with Crippen molar-refractivity contribution in [3.05, 3.63) is 0 Å². The SMILES string of the molecule is CCCCCCCCCCCCCCCN(C)C.[B]C#N. The third-order valence-electron chi connectivity index (χ3n) is 3.71. The molecule has 122 valence electrons. The quantitative estimate of drug-likeness (QED) is 0.322. The Labute approximate surface area is 135 Å². The molecule has 2 radical (unpaired) electrons. The normalized spacial score (nSPS) is 10.0. The fraction of sp³-hybridized carbons (Fsp3) is 0.944. The van der Waals surface area contributed by atoms with E-state index in [1.165, 1.54) is 96.0 Å². The fourth-order valence-corrected chi connectivity index (χ4v) is 2.45. The van der Waals surface area contributed by atoms with Gasteiger partial charge in [-0.3, -0.25) is 0 Å². The van der Waals surface area contributed by atoms with E-state index >= 15 is 0 Å². The second-order valence-electron chi connectivity index (χ2n) is 6.18. The molecule has 0 heterocycles. The second-order valence-corrected chi connectivity index (χ2v) is 6.18. The van der Waals surface area contributed by atoms with Gasteiger partial charge in [-0.2, -0.15) is 0 Å². The van der Waals surface area contributed by atoms with E-state index in [9.17, 15) is 0 Å². The molecule has 0 aromatic rings. The molecule has 0 saturated carbocycles. The van der Waals surface area contributed by atoms with Crippen LogP contribution in [-0.2, 0) is 0 Å². The van der Waals surface area contributed by atoms with Gasteiger partial charge < -0.3 is 4.90 Å². The topological polar surface area (TPSA) is 27.0 Å². The van der Waals surface area contributed by atoms with Gasteiger partial charge in [-0.25, -0.2) is 5.26 Å². The highest BCUT2D eigenvalue weighted by atomic mass is 15.0. The predicted molar refractivity (Wildman–Crippen MR) is 95.6 cm³/mol. The molecule has 0 aliphatic rings. The molecule has 3 heteroatoms. The van der Waals surface area contributed by atoms with Gasteiger partial charge in [-0.15, -0.1) is 0 Å². The summed E-state index contributed by atoms with van der Waals surface area (Å²) in [4.78, 5) is 2.29. The molecule has 0 aliphatic carbocycles. The molecular formula is C18H37BN2. The summed E-state index contributed by atoms with van der Waals surface area (Å²) in [5.74, 6) is 1.25. The fourth-order valence-electron chi connectivity index (χ4n) is 2.45. The zero-order valence-electron chi connectivity index (χ0n) is 14.9. The predicted octanol–water partition coefficient (Wildman–Crippen LogP) is 5.28. The zero-order valence-corrected chi connectivity index (χ0v) is 14.9. The maximum Gasteiger partial charge on any atom is 0.229 e. The van der Waals surface area contributed by atoms with Crippen LogP contribution in [0.25, 0.3) is 0 Å². The number of hydrogen-bond acceptors (Lipinski definition) is 2. The summed E-state index contributed by atoms with van der Waals surface area (Å²) in [7, 11) is 8.49. The van der Waals surface area contributed by atoms with E-state index < -0.39 is 0 Å². The highest BCUT2D eigenvalue weighted by Crippen LogP contribution is 2.12. The van der Waals surface area contributed by atoms with Crippen LogP contribution in [0.2, 0.25) is 0 Å². The smallest absolute Gasteiger partial charge is 0.229 e. The van der Waals surface area contributed by atoms with Crippen molar-refractivity contribution in [1.29, 1.82) is 5.26 Å². The minimum atomic E-state index is 1.25. The third kappa shape index (κ3) is 28.4. The van der Waals surface area contributed by atoms with E-state index in [1.807, 2.05) is 0 Å². The average molecular weight is 292 g/mol. The largest absolute Gasteiger partial charge is 0.309 e. The molecule has 0 rings (SSSR count). The Morgan fingerprint density at radius 2 is 1.00 bits per heavy atom. The second kappa shape index (κ2) is 21.8. The van der Waals surface area contributed by atoms with Crippen LogP contribution in [0.3, 0.4) is 0 Å². The van der Waals surface area contributed by atoms with Crippen molar-refractivity contribution < 1.29 is 0 Å². The molecule has 0 unspecified atom stereocenters. The molecule has 2 nitrogen and oxygen atoms in total. The summed E-state index contributed by atoms with van der Waals surface area (Å²) >= 11 is 0. The van der Waals surface area contributed by atoms with Gasteiger partial charge in [0.1, 0.15) is 0 Å². The van der Waals surface area contributed by atoms with Gasteiger partial charge in [-0.1, -0.05) is 84.0 Å². The van der Waals surface area contributed by atoms with Gasteiger partial charge in [-0.05, 0) is 33.0 Å². The summed E-state index contributed by atoms with van der Waals surface area (Å²) in [6.45, 7) is 3.55. The number of hydrogen-bond donors (Lipinski definition) is 0. The van der Waals surface area contributed by atoms with Crippen molar-refractivity contribution in [2.45, 2.75) is 90.4 Å². The highest BCUT2D eigenvalue weighted by molar-refractivity contribution is 6.20. The van der Waals surface area contributed by atoms with Crippen LogP contribution >= 0.6 is 0 Å². The summed E-state index contributed by atoms with van der Waals surface area (Å²) in [6, 6.07) is 0. The van der Waals surface area contributed by atoms with E-state index in [0.29, 0.717) is 0 Å². The Morgan fingerprint density at radius 1 is 0.714 bits per heavy atom. The standard InChI is InChI=1S/C17H37N.CBN/c1-4-5-6-7-8-9-10-11-12-13-14-15-16-17-18(2)3;2-1-3/h4-17H2,1-3H3;. The Hall–Kier alpha value is -0.485. The zero-order chi connectivity index (χ0) is 16.2. The molecule has 0 aliphatic heterocycles. The Morgan fingerprint density at radius 3 is 1.29 bits per heavy atom. The molecule has 0 amide bonds. The first-order valence-electron chi connectivity index (χ1n) is 8.93. The number of nitriles is 1. The van der Waals surface area contributed by atoms with Crippen LogP contribution in [0.4, 0.5) is 0 Å².